The number of ether oxygens (including phenoxy) is 1. The maximum absolute atomic E-state index is 12.6. The van der Waals surface area contributed by atoms with Gasteiger partial charge in [0.15, 0.2) is 0 Å². The summed E-state index contributed by atoms with van der Waals surface area (Å²) in [4.78, 5) is 17.3. The van der Waals surface area contributed by atoms with E-state index in [4.69, 9.17) is 5.11 Å². The molecule has 1 aromatic rings. The van der Waals surface area contributed by atoms with Crippen molar-refractivity contribution in [1.29, 1.82) is 0 Å². The Morgan fingerprint density at radius 1 is 1.29 bits per heavy atom. The smallest absolute Gasteiger partial charge is 0.427 e. The van der Waals surface area contributed by atoms with Crippen LogP contribution in [0.1, 0.15) is 49.3 Å². The van der Waals surface area contributed by atoms with Gasteiger partial charge in [-0.15, -0.1) is 0 Å². The summed E-state index contributed by atoms with van der Waals surface area (Å²) >= 11 is 0. The van der Waals surface area contributed by atoms with Gasteiger partial charge in [-0.3, -0.25) is 4.98 Å². The van der Waals surface area contributed by atoms with Gasteiger partial charge in [-0.2, -0.15) is 13.2 Å². The molecule has 5 nitrogen and oxygen atoms in total. The molecule has 28 heavy (non-hydrogen) atoms. The van der Waals surface area contributed by atoms with Crippen LogP contribution in [0.2, 0.25) is 0 Å². The molecule has 2 aliphatic rings. The monoisotopic (exact) mass is 408 g/mol. The number of halogens is 5. The lowest BCUT2D eigenvalue weighted by atomic mass is 9.57. The van der Waals surface area contributed by atoms with Crippen LogP contribution in [-0.2, 0) is 4.74 Å². The minimum atomic E-state index is -4.81. The molecule has 1 saturated carbocycles. The average molecular weight is 408 g/mol. The fourth-order valence-corrected chi connectivity index (χ4v) is 3.96. The maximum atomic E-state index is 12.6. The van der Waals surface area contributed by atoms with E-state index < -0.39 is 31.4 Å². The first-order valence-corrected chi connectivity index (χ1v) is 9.01. The molecular weight excluding hydrogens is 387 g/mol. The predicted octanol–water partition coefficient (Wildman–Crippen LogP) is 4.04. The summed E-state index contributed by atoms with van der Waals surface area (Å²) in [5.41, 5.74) is 0.628. The molecule has 2 heterocycles. The minimum Gasteiger partial charge on any atom is -0.434 e. The Labute approximate surface area is 158 Å². The van der Waals surface area contributed by atoms with E-state index in [0.717, 1.165) is 18.5 Å². The molecule has 1 aliphatic heterocycles. The summed E-state index contributed by atoms with van der Waals surface area (Å²) in [5, 5.41) is 8.76. The Morgan fingerprint density at radius 3 is 2.39 bits per heavy atom. The number of piperidine rings is 1. The number of pyridine rings is 1. The topological polar surface area (TPSA) is 62.7 Å². The van der Waals surface area contributed by atoms with Gasteiger partial charge < -0.3 is 14.7 Å². The summed E-state index contributed by atoms with van der Waals surface area (Å²) in [5.74, 6) is 0.161. The number of hydrogen-bond acceptors (Lipinski definition) is 4. The molecule has 10 heteroatoms. The molecule has 1 unspecified atom stereocenters. The number of aromatic nitrogens is 1. The van der Waals surface area contributed by atoms with Gasteiger partial charge in [0.2, 0.25) is 6.10 Å². The van der Waals surface area contributed by atoms with Crippen molar-refractivity contribution in [2.24, 2.45) is 5.41 Å². The molecule has 0 aromatic carbocycles. The van der Waals surface area contributed by atoms with Gasteiger partial charge in [-0.1, -0.05) is 0 Å². The summed E-state index contributed by atoms with van der Waals surface area (Å²) in [6.07, 6.45) is -6.92. The molecule has 1 aliphatic carbocycles. The number of amides is 1. The molecule has 156 valence electrons. The van der Waals surface area contributed by atoms with Gasteiger partial charge in [-0.05, 0) is 43.2 Å². The highest BCUT2D eigenvalue weighted by molar-refractivity contribution is 5.68. The third kappa shape index (κ3) is 4.37. The quantitative estimate of drug-likeness (QED) is 0.764. The number of carbonyl (C=O) groups is 1. The Kier molecular flexibility index (Phi) is 5.79. The van der Waals surface area contributed by atoms with E-state index >= 15 is 0 Å². The molecule has 1 aromatic heterocycles. The van der Waals surface area contributed by atoms with Crippen molar-refractivity contribution in [3.05, 3.63) is 29.6 Å². The number of alkyl halides is 5. The fraction of sp³-hybridized carbons (Fsp3) is 0.667. The summed E-state index contributed by atoms with van der Waals surface area (Å²) in [7, 11) is 0. The van der Waals surface area contributed by atoms with E-state index in [0.29, 0.717) is 12.8 Å². The van der Waals surface area contributed by atoms with Crippen LogP contribution < -0.4 is 0 Å². The lowest BCUT2D eigenvalue weighted by molar-refractivity contribution is -0.215. The molecule has 0 radical (unpaired) electrons. The largest absolute Gasteiger partial charge is 0.434 e. The number of rotatable bonds is 4. The van der Waals surface area contributed by atoms with Crippen LogP contribution in [0, 0.1) is 5.41 Å². The van der Waals surface area contributed by atoms with Gasteiger partial charge >= 0.3 is 12.3 Å². The van der Waals surface area contributed by atoms with Crippen LogP contribution in [0.5, 0.6) is 0 Å². The molecular formula is C18H21F5N2O3. The second-order valence-corrected chi connectivity index (χ2v) is 7.51. The summed E-state index contributed by atoms with van der Waals surface area (Å²) < 4.78 is 67.4. The number of aliphatic hydroxyl groups is 1. The third-order valence-corrected chi connectivity index (χ3v) is 5.69. The van der Waals surface area contributed by atoms with Gasteiger partial charge in [0.1, 0.15) is 0 Å². The molecule has 1 saturated heterocycles. The number of nitrogens with zero attached hydrogens (tertiary/aromatic N) is 2. The zero-order valence-corrected chi connectivity index (χ0v) is 15.0. The molecule has 1 amide bonds. The molecule has 3 rings (SSSR count). The maximum Gasteiger partial charge on any atom is 0.427 e. The van der Waals surface area contributed by atoms with E-state index in [1.165, 1.54) is 17.2 Å². The molecule has 1 spiro atoms. The SMILES string of the molecule is O=C(OC(CO)C(F)(F)F)N1CCC2(CC1)CC(c1ccc(C(F)F)cn1)C2. The van der Waals surface area contributed by atoms with Crippen molar-refractivity contribution in [3.8, 4) is 0 Å². The molecule has 0 bridgehead atoms. The first kappa shape index (κ1) is 20.8. The highest BCUT2D eigenvalue weighted by Crippen LogP contribution is 2.56. The Hall–Kier alpha value is -1.97. The second-order valence-electron chi connectivity index (χ2n) is 7.51. The van der Waals surface area contributed by atoms with E-state index in [1.54, 1.807) is 6.07 Å². The lowest BCUT2D eigenvalue weighted by Crippen LogP contribution is -2.50. The standard InChI is InChI=1S/C18H21F5N2O3/c19-15(20)11-1-2-13(24-9-11)12-7-17(8-12)3-5-25(6-4-17)16(27)28-14(10-26)18(21,22)23/h1-2,9,12,14-15,26H,3-8,10H2. The summed E-state index contributed by atoms with van der Waals surface area (Å²) in [6, 6.07) is 2.98. The Bertz CT molecular complexity index is 679. The normalized spacial score (nSPS) is 20.9. The van der Waals surface area contributed by atoms with Crippen molar-refractivity contribution in [1.82, 2.24) is 9.88 Å². The van der Waals surface area contributed by atoms with E-state index in [9.17, 15) is 26.7 Å². The number of carbonyl (C=O) groups excluding carboxylic acids is 1. The van der Waals surface area contributed by atoms with Crippen LogP contribution in [-0.4, -0.2) is 53.1 Å². The van der Waals surface area contributed by atoms with Gasteiger partial charge in [0.25, 0.3) is 6.43 Å². The number of aliphatic hydroxyl groups excluding tert-OH is 1. The number of likely N-dealkylation sites (tertiary alicyclic amines) is 1. The van der Waals surface area contributed by atoms with Crippen LogP contribution in [0.4, 0.5) is 26.7 Å². The highest BCUT2D eigenvalue weighted by atomic mass is 19.4. The van der Waals surface area contributed by atoms with Gasteiger partial charge in [0, 0.05) is 36.5 Å². The van der Waals surface area contributed by atoms with Gasteiger partial charge in [0.05, 0.1) is 6.61 Å². The Balaban J connectivity index is 1.49. The first-order valence-electron chi connectivity index (χ1n) is 9.01. The highest BCUT2D eigenvalue weighted by Gasteiger charge is 2.48. The zero-order valence-electron chi connectivity index (χ0n) is 15.0. The third-order valence-electron chi connectivity index (χ3n) is 5.69. The Morgan fingerprint density at radius 2 is 1.93 bits per heavy atom. The van der Waals surface area contributed by atoms with E-state index in [-0.39, 0.29) is 30.0 Å². The zero-order chi connectivity index (χ0) is 20.5. The molecule has 1 atom stereocenters. The van der Waals surface area contributed by atoms with Crippen molar-refractivity contribution in [2.45, 2.75) is 50.3 Å². The summed E-state index contributed by atoms with van der Waals surface area (Å²) in [6.45, 7) is -0.759. The van der Waals surface area contributed by atoms with Crippen molar-refractivity contribution >= 4 is 6.09 Å². The van der Waals surface area contributed by atoms with Crippen molar-refractivity contribution in [3.63, 3.8) is 0 Å². The first-order chi connectivity index (χ1) is 13.1. The lowest BCUT2D eigenvalue weighted by Gasteiger charge is -2.52. The van der Waals surface area contributed by atoms with Crippen LogP contribution in [0.15, 0.2) is 18.3 Å². The average Bonchev–Trinajstić information content (AvgIpc) is 2.63. The fourth-order valence-electron chi connectivity index (χ4n) is 3.96. The predicted molar refractivity (Wildman–Crippen MR) is 87.8 cm³/mol. The van der Waals surface area contributed by atoms with Crippen LogP contribution >= 0.6 is 0 Å². The minimum absolute atomic E-state index is 0.00901. The molecule has 2 fully saturated rings. The van der Waals surface area contributed by atoms with Crippen LogP contribution in [0.25, 0.3) is 0 Å². The number of hydrogen-bond donors (Lipinski definition) is 1. The van der Waals surface area contributed by atoms with Crippen molar-refractivity contribution in [2.75, 3.05) is 19.7 Å². The van der Waals surface area contributed by atoms with Crippen molar-refractivity contribution < 1.29 is 36.6 Å². The molecule has 1 N–H and O–H groups in total. The van der Waals surface area contributed by atoms with E-state index in [2.05, 4.69) is 9.72 Å². The van der Waals surface area contributed by atoms with Crippen LogP contribution in [0.3, 0.4) is 0 Å². The van der Waals surface area contributed by atoms with Gasteiger partial charge in [-0.25, -0.2) is 13.6 Å². The second kappa shape index (κ2) is 7.81. The van der Waals surface area contributed by atoms with E-state index in [1.807, 2.05) is 0 Å².